The summed E-state index contributed by atoms with van der Waals surface area (Å²) in [6.45, 7) is 4.43. The van der Waals surface area contributed by atoms with E-state index in [1.807, 2.05) is 6.92 Å². The maximum atomic E-state index is 13.2. The molecular formula is C17H19N3O5S2. The zero-order valence-corrected chi connectivity index (χ0v) is 16.8. The van der Waals surface area contributed by atoms with Crippen molar-refractivity contribution in [2.75, 3.05) is 13.7 Å². The minimum atomic E-state index is -3.65. The summed E-state index contributed by atoms with van der Waals surface area (Å²) in [6, 6.07) is 3.45. The number of hydrogen-bond donors (Lipinski definition) is 0. The molecule has 0 saturated carbocycles. The van der Waals surface area contributed by atoms with Crippen LogP contribution >= 0.6 is 11.3 Å². The van der Waals surface area contributed by atoms with Crippen molar-refractivity contribution in [3.63, 3.8) is 0 Å². The molecule has 0 aromatic carbocycles. The van der Waals surface area contributed by atoms with Gasteiger partial charge in [-0.25, -0.2) is 13.4 Å². The molecule has 27 heavy (non-hydrogen) atoms. The Balaban J connectivity index is 1.63. The summed E-state index contributed by atoms with van der Waals surface area (Å²) in [5, 5.41) is 3.87. The molecule has 0 spiro atoms. The normalized spacial score (nSPS) is 15.2. The van der Waals surface area contributed by atoms with Crippen molar-refractivity contribution in [1.29, 1.82) is 0 Å². The Labute approximate surface area is 160 Å². The lowest BCUT2D eigenvalue weighted by atomic mass is 10.2. The van der Waals surface area contributed by atoms with Crippen molar-refractivity contribution >= 4 is 21.4 Å². The number of hydrogen-bond acceptors (Lipinski definition) is 8. The van der Waals surface area contributed by atoms with Gasteiger partial charge in [-0.3, -0.25) is 0 Å². The number of fused-ring (bicyclic) bond motifs is 1. The minimum absolute atomic E-state index is 0.191. The lowest BCUT2D eigenvalue weighted by Crippen LogP contribution is -2.35. The Kier molecular flexibility index (Phi) is 4.66. The van der Waals surface area contributed by atoms with Crippen molar-refractivity contribution in [3.05, 3.63) is 40.0 Å². The van der Waals surface area contributed by atoms with Crippen LogP contribution in [0.3, 0.4) is 0 Å². The van der Waals surface area contributed by atoms with Crippen LogP contribution in [-0.4, -0.2) is 36.5 Å². The van der Waals surface area contributed by atoms with Gasteiger partial charge in [-0.1, -0.05) is 5.16 Å². The van der Waals surface area contributed by atoms with E-state index < -0.39 is 10.0 Å². The van der Waals surface area contributed by atoms with Gasteiger partial charge in [-0.2, -0.15) is 4.31 Å². The number of oxazole rings is 1. The highest BCUT2D eigenvalue weighted by molar-refractivity contribution is 7.89. The highest BCUT2D eigenvalue weighted by Crippen LogP contribution is 2.36. The molecule has 0 atom stereocenters. The van der Waals surface area contributed by atoms with E-state index in [0.717, 1.165) is 16.3 Å². The predicted octanol–water partition coefficient (Wildman–Crippen LogP) is 2.90. The number of methoxy groups -OCH3 is 1. The molecule has 8 nitrogen and oxygen atoms in total. The van der Waals surface area contributed by atoms with Crippen LogP contribution in [0.15, 0.2) is 26.0 Å². The molecule has 0 radical (unpaired) electrons. The van der Waals surface area contributed by atoms with Gasteiger partial charge >= 0.3 is 0 Å². The molecule has 0 fully saturated rings. The summed E-state index contributed by atoms with van der Waals surface area (Å²) >= 11 is 1.38. The van der Waals surface area contributed by atoms with Gasteiger partial charge in [-0.15, -0.1) is 11.3 Å². The molecule has 0 unspecified atom stereocenters. The molecular weight excluding hydrogens is 390 g/mol. The van der Waals surface area contributed by atoms with E-state index in [0.29, 0.717) is 40.1 Å². The first-order valence-electron chi connectivity index (χ1n) is 8.39. The second-order valence-electron chi connectivity index (χ2n) is 6.36. The van der Waals surface area contributed by atoms with E-state index in [9.17, 15) is 8.42 Å². The fourth-order valence-electron chi connectivity index (χ4n) is 3.08. The maximum Gasteiger partial charge on any atom is 0.244 e. The fraction of sp³-hybridized carbons (Fsp3) is 0.412. The van der Waals surface area contributed by atoms with Crippen LogP contribution < -0.4 is 0 Å². The van der Waals surface area contributed by atoms with Crippen LogP contribution in [-0.2, 0) is 34.3 Å². The summed E-state index contributed by atoms with van der Waals surface area (Å²) in [4.78, 5) is 6.11. The van der Waals surface area contributed by atoms with E-state index >= 15 is 0 Å². The Hall–Kier alpha value is -2.01. The molecule has 4 rings (SSSR count). The number of thiophene rings is 1. The SMILES string of the molecule is COCc1nc2c(o1)CCN(S(=O)(=O)c1cc(-c3cc(C)no3)sc1C)C2. The van der Waals surface area contributed by atoms with Gasteiger partial charge in [0.05, 0.1) is 27.7 Å². The van der Waals surface area contributed by atoms with Crippen LogP contribution in [0.25, 0.3) is 10.6 Å². The number of aryl methyl sites for hydroxylation is 2. The third-order valence-corrected chi connectivity index (χ3v) is 7.53. The van der Waals surface area contributed by atoms with Crippen molar-refractivity contribution in [1.82, 2.24) is 14.4 Å². The zero-order chi connectivity index (χ0) is 19.2. The molecule has 4 heterocycles. The zero-order valence-electron chi connectivity index (χ0n) is 15.2. The number of sulfonamides is 1. The second-order valence-corrected chi connectivity index (χ2v) is 9.53. The molecule has 3 aromatic heterocycles. The molecule has 0 saturated heterocycles. The van der Waals surface area contributed by atoms with Gasteiger partial charge in [-0.05, 0) is 19.9 Å². The molecule has 10 heteroatoms. The van der Waals surface area contributed by atoms with Crippen LogP contribution in [0.4, 0.5) is 0 Å². The monoisotopic (exact) mass is 409 g/mol. The molecule has 1 aliphatic heterocycles. The lowest BCUT2D eigenvalue weighted by Gasteiger charge is -2.24. The third kappa shape index (κ3) is 3.33. The van der Waals surface area contributed by atoms with Crippen molar-refractivity contribution in [2.45, 2.75) is 38.3 Å². The van der Waals surface area contributed by atoms with Crippen LogP contribution in [0.1, 0.15) is 27.9 Å². The standard InChI is InChI=1S/C17H19N3O5S2/c1-10-6-14(25-19-10)15-7-16(11(2)26-15)27(21,22)20-5-4-13-12(8-20)18-17(24-13)9-23-3/h6-7H,4-5,8-9H2,1-3H3. The van der Waals surface area contributed by atoms with Gasteiger partial charge in [0.1, 0.15) is 12.4 Å². The molecule has 0 bridgehead atoms. The largest absolute Gasteiger partial charge is 0.443 e. The van der Waals surface area contributed by atoms with Gasteiger partial charge in [0, 0.05) is 31.0 Å². The first kappa shape index (κ1) is 18.4. The summed E-state index contributed by atoms with van der Waals surface area (Å²) in [5.74, 6) is 1.77. The minimum Gasteiger partial charge on any atom is -0.443 e. The number of aromatic nitrogens is 2. The Morgan fingerprint density at radius 1 is 1.33 bits per heavy atom. The van der Waals surface area contributed by atoms with Crippen LogP contribution in [0, 0.1) is 13.8 Å². The van der Waals surface area contributed by atoms with Crippen LogP contribution in [0.5, 0.6) is 0 Å². The van der Waals surface area contributed by atoms with Gasteiger partial charge < -0.3 is 13.7 Å². The molecule has 0 aliphatic carbocycles. The predicted molar refractivity (Wildman–Crippen MR) is 97.8 cm³/mol. The smallest absolute Gasteiger partial charge is 0.244 e. The summed E-state index contributed by atoms with van der Waals surface area (Å²) in [6.07, 6.45) is 0.489. The Bertz CT molecular complexity index is 1080. The van der Waals surface area contributed by atoms with Crippen LogP contribution in [0.2, 0.25) is 0 Å². The number of ether oxygens (including phenoxy) is 1. The molecule has 144 valence electrons. The van der Waals surface area contributed by atoms with E-state index in [4.69, 9.17) is 13.7 Å². The highest BCUT2D eigenvalue weighted by atomic mass is 32.2. The fourth-order valence-corrected chi connectivity index (χ4v) is 5.99. The van der Waals surface area contributed by atoms with Gasteiger partial charge in [0.15, 0.2) is 5.76 Å². The lowest BCUT2D eigenvalue weighted by molar-refractivity contribution is 0.158. The quantitative estimate of drug-likeness (QED) is 0.639. The Morgan fingerprint density at radius 2 is 2.15 bits per heavy atom. The van der Waals surface area contributed by atoms with E-state index in [-0.39, 0.29) is 13.2 Å². The highest BCUT2D eigenvalue weighted by Gasteiger charge is 2.33. The average Bonchev–Trinajstić information content (AvgIpc) is 3.32. The Morgan fingerprint density at radius 3 is 2.85 bits per heavy atom. The topological polar surface area (TPSA) is 98.7 Å². The molecule has 1 aliphatic rings. The van der Waals surface area contributed by atoms with Gasteiger partial charge in [0.2, 0.25) is 15.9 Å². The summed E-state index contributed by atoms with van der Waals surface area (Å²) < 4.78 is 43.8. The third-order valence-electron chi connectivity index (χ3n) is 4.37. The van der Waals surface area contributed by atoms with E-state index in [1.54, 1.807) is 26.2 Å². The van der Waals surface area contributed by atoms with Crippen molar-refractivity contribution in [2.24, 2.45) is 0 Å². The average molecular weight is 409 g/mol. The summed E-state index contributed by atoms with van der Waals surface area (Å²) in [7, 11) is -2.09. The molecule has 0 N–H and O–H groups in total. The van der Waals surface area contributed by atoms with E-state index in [2.05, 4.69) is 10.1 Å². The van der Waals surface area contributed by atoms with E-state index in [1.165, 1.54) is 15.6 Å². The second kappa shape index (κ2) is 6.86. The maximum absolute atomic E-state index is 13.2. The number of rotatable bonds is 5. The first-order chi connectivity index (χ1) is 12.9. The molecule has 3 aromatic rings. The first-order valence-corrected chi connectivity index (χ1v) is 10.6. The van der Waals surface area contributed by atoms with Crippen molar-refractivity contribution in [3.8, 4) is 10.6 Å². The van der Waals surface area contributed by atoms with Crippen molar-refractivity contribution < 1.29 is 22.1 Å². The summed E-state index contributed by atoms with van der Waals surface area (Å²) in [5.41, 5.74) is 1.40. The van der Waals surface area contributed by atoms with Gasteiger partial charge in [0.25, 0.3) is 0 Å². The number of nitrogens with zero attached hydrogens (tertiary/aromatic N) is 3. The molecule has 0 amide bonds.